The van der Waals surface area contributed by atoms with Gasteiger partial charge in [-0.25, -0.2) is 9.97 Å². The lowest BCUT2D eigenvalue weighted by molar-refractivity contribution is 0.324. The number of aromatic nitrogens is 2. The minimum atomic E-state index is 0.602. The quantitative estimate of drug-likeness (QED) is 0.796. The van der Waals surface area contributed by atoms with Gasteiger partial charge >= 0.3 is 0 Å². The Kier molecular flexibility index (Phi) is 5.42. The number of nitrogen functional groups attached to an aromatic ring is 1. The van der Waals surface area contributed by atoms with Gasteiger partial charge in [0.15, 0.2) is 0 Å². The summed E-state index contributed by atoms with van der Waals surface area (Å²) in [4.78, 5) is 12.3. The summed E-state index contributed by atoms with van der Waals surface area (Å²) in [6, 6.07) is 1.98. The molecule has 0 fully saturated rings. The smallest absolute Gasteiger partial charge is 0.142 e. The average molecular weight is 296 g/mol. The highest BCUT2D eigenvalue weighted by Gasteiger charge is 2.06. The fraction of sp³-hybridized carbons (Fsp3) is 0.538. The van der Waals surface area contributed by atoms with Crippen LogP contribution in [-0.4, -0.2) is 40.3 Å². The topological polar surface area (TPSA) is 55.0 Å². The van der Waals surface area contributed by atoms with Crippen molar-refractivity contribution < 1.29 is 0 Å². The van der Waals surface area contributed by atoms with Gasteiger partial charge in [0.05, 0.1) is 11.1 Å². The van der Waals surface area contributed by atoms with Crippen molar-refractivity contribution in [3.05, 3.63) is 17.3 Å². The van der Waals surface area contributed by atoms with Gasteiger partial charge in [0.25, 0.3) is 0 Å². The van der Waals surface area contributed by atoms with E-state index in [1.807, 2.05) is 23.2 Å². The predicted molar refractivity (Wildman–Crippen MR) is 85.8 cm³/mol. The summed E-state index contributed by atoms with van der Waals surface area (Å²) in [6.45, 7) is 7.74. The molecule has 0 saturated heterocycles. The van der Waals surface area contributed by atoms with Crippen LogP contribution in [0.25, 0.3) is 10.2 Å². The van der Waals surface area contributed by atoms with Crippen molar-refractivity contribution in [1.82, 2.24) is 14.9 Å². The van der Waals surface area contributed by atoms with E-state index in [1.165, 1.54) is 0 Å². The summed E-state index contributed by atoms with van der Waals surface area (Å²) in [5.74, 6) is 3.38. The molecule has 0 atom stereocenters. The maximum Gasteiger partial charge on any atom is 0.142 e. The van der Waals surface area contributed by atoms with Crippen molar-refractivity contribution >= 4 is 39.1 Å². The van der Waals surface area contributed by atoms with Gasteiger partial charge in [0, 0.05) is 12.3 Å². The van der Waals surface area contributed by atoms with Crippen LogP contribution in [0, 0.1) is 0 Å². The largest absolute Gasteiger partial charge is 0.383 e. The first-order valence-corrected chi connectivity index (χ1v) is 8.57. The molecule has 0 aliphatic carbocycles. The number of anilines is 1. The number of nitrogens with zero attached hydrogens (tertiary/aromatic N) is 3. The molecule has 0 spiro atoms. The highest BCUT2D eigenvalue weighted by atomic mass is 32.2. The van der Waals surface area contributed by atoms with Crippen molar-refractivity contribution in [2.24, 2.45) is 0 Å². The van der Waals surface area contributed by atoms with Gasteiger partial charge in [-0.05, 0) is 24.5 Å². The summed E-state index contributed by atoms with van der Waals surface area (Å²) in [6.07, 6.45) is 0. The molecule has 0 aliphatic heterocycles. The number of rotatable bonds is 7. The first kappa shape index (κ1) is 14.6. The van der Waals surface area contributed by atoms with Crippen molar-refractivity contribution in [2.75, 3.05) is 31.1 Å². The molecule has 4 nitrogen and oxygen atoms in total. The Morgan fingerprint density at radius 1 is 1.32 bits per heavy atom. The molecule has 2 rings (SSSR count). The molecule has 0 unspecified atom stereocenters. The summed E-state index contributed by atoms with van der Waals surface area (Å²) >= 11 is 3.49. The average Bonchev–Trinajstić information content (AvgIpc) is 2.88. The molecule has 0 aliphatic rings. The van der Waals surface area contributed by atoms with Crippen molar-refractivity contribution in [1.29, 1.82) is 0 Å². The fourth-order valence-electron chi connectivity index (χ4n) is 1.89. The molecule has 2 aromatic rings. The predicted octanol–water partition coefficient (Wildman–Crippen LogP) is 2.85. The molecule has 6 heteroatoms. The maximum absolute atomic E-state index is 5.94. The summed E-state index contributed by atoms with van der Waals surface area (Å²) in [7, 11) is 0. The third-order valence-electron chi connectivity index (χ3n) is 3.08. The third kappa shape index (κ3) is 3.81. The van der Waals surface area contributed by atoms with Crippen LogP contribution in [0.2, 0.25) is 0 Å². The van der Waals surface area contributed by atoms with E-state index >= 15 is 0 Å². The summed E-state index contributed by atoms with van der Waals surface area (Å²) in [5, 5.41) is 2.98. The second-order valence-electron chi connectivity index (χ2n) is 4.24. The molecule has 0 bridgehead atoms. The molecule has 0 amide bonds. The zero-order valence-corrected chi connectivity index (χ0v) is 13.1. The summed E-state index contributed by atoms with van der Waals surface area (Å²) < 4.78 is 0. The number of fused-ring (bicyclic) bond motifs is 1. The minimum absolute atomic E-state index is 0.602. The maximum atomic E-state index is 5.94. The lowest BCUT2D eigenvalue weighted by atomic mass is 10.4. The van der Waals surface area contributed by atoms with Crippen LogP contribution in [0.3, 0.4) is 0 Å². The molecule has 104 valence electrons. The van der Waals surface area contributed by atoms with E-state index in [9.17, 15) is 0 Å². The van der Waals surface area contributed by atoms with Gasteiger partial charge in [-0.3, -0.25) is 0 Å². The fourth-order valence-corrected chi connectivity index (χ4v) is 3.52. The number of hydrogen-bond donors (Lipinski definition) is 1. The van der Waals surface area contributed by atoms with Crippen molar-refractivity contribution in [2.45, 2.75) is 19.6 Å². The van der Waals surface area contributed by atoms with E-state index in [-0.39, 0.29) is 0 Å². The number of thioether (sulfide) groups is 1. The first-order valence-electron chi connectivity index (χ1n) is 6.54. The van der Waals surface area contributed by atoms with Crippen LogP contribution < -0.4 is 5.73 Å². The Hall–Kier alpha value is -0.850. The number of nitrogens with two attached hydrogens (primary N) is 1. The molecule has 2 heterocycles. The van der Waals surface area contributed by atoms with E-state index in [1.54, 1.807) is 11.3 Å². The standard InChI is InChI=1S/C13H20N4S2/c1-3-17(4-2)6-8-18-9-11-15-12(14)10-5-7-19-13(10)16-11/h5,7H,3-4,6,8-9H2,1-2H3,(H2,14,15,16). The van der Waals surface area contributed by atoms with E-state index in [0.717, 1.165) is 47.2 Å². The zero-order chi connectivity index (χ0) is 13.7. The van der Waals surface area contributed by atoms with Crippen LogP contribution in [0.1, 0.15) is 19.7 Å². The highest BCUT2D eigenvalue weighted by molar-refractivity contribution is 7.98. The van der Waals surface area contributed by atoms with Gasteiger partial charge in [0.2, 0.25) is 0 Å². The normalized spacial score (nSPS) is 11.5. The molecule has 19 heavy (non-hydrogen) atoms. The van der Waals surface area contributed by atoms with Gasteiger partial charge in [-0.1, -0.05) is 13.8 Å². The highest BCUT2D eigenvalue weighted by Crippen LogP contribution is 2.24. The molecule has 0 saturated carbocycles. The molecular formula is C13H20N4S2. The molecular weight excluding hydrogens is 276 g/mol. The van der Waals surface area contributed by atoms with Crippen molar-refractivity contribution in [3.8, 4) is 0 Å². The van der Waals surface area contributed by atoms with E-state index < -0.39 is 0 Å². The van der Waals surface area contributed by atoms with Crippen LogP contribution in [0.15, 0.2) is 11.4 Å². The van der Waals surface area contributed by atoms with Gasteiger partial charge in [0.1, 0.15) is 16.5 Å². The second kappa shape index (κ2) is 7.07. The zero-order valence-electron chi connectivity index (χ0n) is 11.4. The van der Waals surface area contributed by atoms with Crippen LogP contribution >= 0.6 is 23.1 Å². The van der Waals surface area contributed by atoms with Crippen LogP contribution in [0.4, 0.5) is 5.82 Å². The molecule has 2 aromatic heterocycles. The monoisotopic (exact) mass is 296 g/mol. The Morgan fingerprint density at radius 2 is 2.11 bits per heavy atom. The Balaban J connectivity index is 1.87. The third-order valence-corrected chi connectivity index (χ3v) is 4.82. The van der Waals surface area contributed by atoms with Gasteiger partial charge in [-0.2, -0.15) is 11.8 Å². The number of hydrogen-bond acceptors (Lipinski definition) is 6. The molecule has 0 aromatic carbocycles. The van der Waals surface area contributed by atoms with Crippen LogP contribution in [-0.2, 0) is 5.75 Å². The molecule has 0 radical (unpaired) electrons. The van der Waals surface area contributed by atoms with Crippen molar-refractivity contribution in [3.63, 3.8) is 0 Å². The van der Waals surface area contributed by atoms with E-state index in [4.69, 9.17) is 5.73 Å². The van der Waals surface area contributed by atoms with E-state index in [0.29, 0.717) is 5.82 Å². The van der Waals surface area contributed by atoms with Gasteiger partial charge < -0.3 is 10.6 Å². The SMILES string of the molecule is CCN(CC)CCSCc1nc(N)c2ccsc2n1. The number of thiophene rings is 1. The Labute approximate surface area is 122 Å². The van der Waals surface area contributed by atoms with Crippen LogP contribution in [0.5, 0.6) is 0 Å². The minimum Gasteiger partial charge on any atom is -0.383 e. The summed E-state index contributed by atoms with van der Waals surface area (Å²) in [5.41, 5.74) is 5.94. The van der Waals surface area contributed by atoms with E-state index in [2.05, 4.69) is 28.7 Å². The van der Waals surface area contributed by atoms with Gasteiger partial charge in [-0.15, -0.1) is 11.3 Å². The lowest BCUT2D eigenvalue weighted by Crippen LogP contribution is -2.25. The first-order chi connectivity index (χ1) is 9.24. The molecule has 2 N–H and O–H groups in total. The second-order valence-corrected chi connectivity index (χ2v) is 6.24. The Morgan fingerprint density at radius 3 is 2.84 bits per heavy atom. The Bertz CT molecular complexity index is 522. The lowest BCUT2D eigenvalue weighted by Gasteiger charge is -2.17.